The first-order chi connectivity index (χ1) is 9.69. The number of anilines is 2. The average Bonchev–Trinajstić information content (AvgIpc) is 2.48. The second-order valence-electron chi connectivity index (χ2n) is 4.48. The standard InChI is InChI=1S/C16H18N2O2/c1-12(19)14-6-3-5-13(9-14)11-20-18-16-8-4-7-15(10-16)17-2/h3-10,17-18H,11H2,1-2H3. The lowest BCUT2D eigenvalue weighted by Gasteiger charge is -2.09. The van der Waals surface area contributed by atoms with E-state index in [1.54, 1.807) is 13.0 Å². The van der Waals surface area contributed by atoms with Crippen molar-refractivity contribution >= 4 is 17.2 Å². The van der Waals surface area contributed by atoms with E-state index in [1.807, 2.05) is 49.5 Å². The lowest BCUT2D eigenvalue weighted by atomic mass is 10.1. The summed E-state index contributed by atoms with van der Waals surface area (Å²) in [4.78, 5) is 16.8. The van der Waals surface area contributed by atoms with E-state index in [0.29, 0.717) is 12.2 Å². The van der Waals surface area contributed by atoms with Crippen molar-refractivity contribution in [1.29, 1.82) is 0 Å². The Labute approximate surface area is 118 Å². The molecule has 2 rings (SSSR count). The molecule has 0 bridgehead atoms. The Balaban J connectivity index is 1.92. The van der Waals surface area contributed by atoms with Gasteiger partial charge in [0.05, 0.1) is 12.3 Å². The third-order valence-electron chi connectivity index (χ3n) is 2.91. The van der Waals surface area contributed by atoms with Gasteiger partial charge in [0.15, 0.2) is 5.78 Å². The van der Waals surface area contributed by atoms with Gasteiger partial charge in [-0.2, -0.15) is 0 Å². The van der Waals surface area contributed by atoms with E-state index < -0.39 is 0 Å². The van der Waals surface area contributed by atoms with Crippen molar-refractivity contribution in [1.82, 2.24) is 0 Å². The van der Waals surface area contributed by atoms with Crippen LogP contribution >= 0.6 is 0 Å². The monoisotopic (exact) mass is 270 g/mol. The molecule has 0 radical (unpaired) electrons. The van der Waals surface area contributed by atoms with Gasteiger partial charge in [0, 0.05) is 18.3 Å². The van der Waals surface area contributed by atoms with Crippen LogP contribution < -0.4 is 10.8 Å². The minimum absolute atomic E-state index is 0.0570. The summed E-state index contributed by atoms with van der Waals surface area (Å²) in [6.45, 7) is 1.95. The van der Waals surface area contributed by atoms with Gasteiger partial charge in [-0.25, -0.2) is 0 Å². The molecule has 4 nitrogen and oxygen atoms in total. The van der Waals surface area contributed by atoms with Crippen molar-refractivity contribution < 1.29 is 9.63 Å². The first-order valence-corrected chi connectivity index (χ1v) is 6.44. The van der Waals surface area contributed by atoms with Gasteiger partial charge < -0.3 is 5.32 Å². The number of nitrogens with one attached hydrogen (secondary N) is 2. The van der Waals surface area contributed by atoms with Crippen molar-refractivity contribution in [2.24, 2.45) is 0 Å². The van der Waals surface area contributed by atoms with Crippen molar-refractivity contribution in [3.05, 3.63) is 59.7 Å². The lowest BCUT2D eigenvalue weighted by Crippen LogP contribution is -2.03. The van der Waals surface area contributed by atoms with E-state index in [9.17, 15) is 4.79 Å². The van der Waals surface area contributed by atoms with Crippen LogP contribution in [0.5, 0.6) is 0 Å². The molecular formula is C16H18N2O2. The number of rotatable bonds is 6. The van der Waals surface area contributed by atoms with Crippen LogP contribution in [0.15, 0.2) is 48.5 Å². The van der Waals surface area contributed by atoms with Gasteiger partial charge in [-0.3, -0.25) is 15.1 Å². The summed E-state index contributed by atoms with van der Waals surface area (Å²) in [5, 5.41) is 3.06. The van der Waals surface area contributed by atoms with Crippen LogP contribution in [-0.4, -0.2) is 12.8 Å². The highest BCUT2D eigenvalue weighted by atomic mass is 16.6. The second-order valence-corrected chi connectivity index (χ2v) is 4.48. The fourth-order valence-corrected chi connectivity index (χ4v) is 1.82. The molecular weight excluding hydrogens is 252 g/mol. The van der Waals surface area contributed by atoms with Crippen LogP contribution in [0, 0.1) is 0 Å². The first-order valence-electron chi connectivity index (χ1n) is 6.44. The maximum Gasteiger partial charge on any atom is 0.159 e. The van der Waals surface area contributed by atoms with Gasteiger partial charge >= 0.3 is 0 Å². The number of carbonyl (C=O) groups is 1. The molecule has 0 aliphatic rings. The van der Waals surface area contributed by atoms with Crippen LogP contribution in [0.4, 0.5) is 11.4 Å². The molecule has 0 spiro atoms. The highest BCUT2D eigenvalue weighted by Gasteiger charge is 2.01. The van der Waals surface area contributed by atoms with Crippen LogP contribution in [0.3, 0.4) is 0 Å². The summed E-state index contributed by atoms with van der Waals surface area (Å²) in [6.07, 6.45) is 0. The molecule has 0 aliphatic heterocycles. The van der Waals surface area contributed by atoms with E-state index in [-0.39, 0.29) is 5.78 Å². The molecule has 104 valence electrons. The largest absolute Gasteiger partial charge is 0.388 e. The third-order valence-corrected chi connectivity index (χ3v) is 2.91. The van der Waals surface area contributed by atoms with Crippen LogP contribution in [-0.2, 0) is 11.4 Å². The highest BCUT2D eigenvalue weighted by molar-refractivity contribution is 5.94. The molecule has 2 aromatic carbocycles. The Kier molecular flexibility index (Phi) is 4.74. The fraction of sp³-hybridized carbons (Fsp3) is 0.188. The smallest absolute Gasteiger partial charge is 0.159 e. The number of carbonyl (C=O) groups excluding carboxylic acids is 1. The molecule has 4 heteroatoms. The molecule has 0 atom stereocenters. The molecule has 0 saturated heterocycles. The molecule has 20 heavy (non-hydrogen) atoms. The topological polar surface area (TPSA) is 50.4 Å². The second kappa shape index (κ2) is 6.73. The van der Waals surface area contributed by atoms with E-state index >= 15 is 0 Å². The van der Waals surface area contributed by atoms with E-state index in [2.05, 4.69) is 10.8 Å². The van der Waals surface area contributed by atoms with Gasteiger partial charge in [0.25, 0.3) is 0 Å². The summed E-state index contributed by atoms with van der Waals surface area (Å²) in [5.41, 5.74) is 6.43. The molecule has 0 aromatic heterocycles. The predicted molar refractivity (Wildman–Crippen MR) is 80.8 cm³/mol. The molecule has 0 unspecified atom stereocenters. The van der Waals surface area contributed by atoms with E-state index in [4.69, 9.17) is 4.84 Å². The lowest BCUT2D eigenvalue weighted by molar-refractivity contribution is 0.101. The van der Waals surface area contributed by atoms with Crippen molar-refractivity contribution in [2.75, 3.05) is 17.8 Å². The molecule has 2 aromatic rings. The Hall–Kier alpha value is -2.33. The fourth-order valence-electron chi connectivity index (χ4n) is 1.82. The third kappa shape index (κ3) is 3.83. The van der Waals surface area contributed by atoms with Gasteiger partial charge in [-0.1, -0.05) is 24.3 Å². The molecule has 2 N–H and O–H groups in total. The summed E-state index contributed by atoms with van der Waals surface area (Å²) < 4.78 is 0. The molecule has 0 amide bonds. The number of Topliss-reactive ketones (excluding diaryl/α,β-unsaturated/α-hetero) is 1. The normalized spacial score (nSPS) is 10.1. The first kappa shape index (κ1) is 14.1. The molecule has 0 fully saturated rings. The highest BCUT2D eigenvalue weighted by Crippen LogP contribution is 2.15. The number of hydrogen-bond donors (Lipinski definition) is 2. The van der Waals surface area contributed by atoms with Crippen molar-refractivity contribution in [3.8, 4) is 0 Å². The zero-order valence-corrected chi connectivity index (χ0v) is 11.6. The van der Waals surface area contributed by atoms with Crippen LogP contribution in [0.25, 0.3) is 0 Å². The van der Waals surface area contributed by atoms with Crippen LogP contribution in [0.2, 0.25) is 0 Å². The minimum Gasteiger partial charge on any atom is -0.388 e. The van der Waals surface area contributed by atoms with Gasteiger partial charge in [-0.15, -0.1) is 0 Å². The Bertz CT molecular complexity index is 597. The Morgan fingerprint density at radius 1 is 1.10 bits per heavy atom. The van der Waals surface area contributed by atoms with Gasteiger partial charge in [0.1, 0.15) is 0 Å². The summed E-state index contributed by atoms with van der Waals surface area (Å²) in [5.74, 6) is 0.0570. The SMILES string of the molecule is CNc1cccc(NOCc2cccc(C(C)=O)c2)c1. The zero-order chi connectivity index (χ0) is 14.4. The molecule has 0 saturated carbocycles. The number of hydrogen-bond acceptors (Lipinski definition) is 4. The van der Waals surface area contributed by atoms with Crippen LogP contribution in [0.1, 0.15) is 22.8 Å². The Morgan fingerprint density at radius 2 is 1.85 bits per heavy atom. The minimum atomic E-state index is 0.0570. The quantitative estimate of drug-likeness (QED) is 0.623. The van der Waals surface area contributed by atoms with E-state index in [1.165, 1.54) is 0 Å². The summed E-state index contributed by atoms with van der Waals surface area (Å²) >= 11 is 0. The average molecular weight is 270 g/mol. The summed E-state index contributed by atoms with van der Waals surface area (Å²) in [6, 6.07) is 15.2. The van der Waals surface area contributed by atoms with Crippen molar-refractivity contribution in [3.63, 3.8) is 0 Å². The predicted octanol–water partition coefficient (Wildman–Crippen LogP) is 3.47. The van der Waals surface area contributed by atoms with Crippen molar-refractivity contribution in [2.45, 2.75) is 13.5 Å². The summed E-state index contributed by atoms with van der Waals surface area (Å²) in [7, 11) is 1.87. The zero-order valence-electron chi connectivity index (χ0n) is 11.6. The number of ketones is 1. The van der Waals surface area contributed by atoms with Gasteiger partial charge in [0.2, 0.25) is 0 Å². The van der Waals surface area contributed by atoms with Gasteiger partial charge in [-0.05, 0) is 36.8 Å². The maximum absolute atomic E-state index is 11.3. The van der Waals surface area contributed by atoms with E-state index in [0.717, 1.165) is 16.9 Å². The number of benzene rings is 2. The Morgan fingerprint density at radius 3 is 2.60 bits per heavy atom. The molecule has 0 heterocycles. The maximum atomic E-state index is 11.3. The molecule has 0 aliphatic carbocycles.